The summed E-state index contributed by atoms with van der Waals surface area (Å²) in [5.74, 6) is -0.313. The van der Waals surface area contributed by atoms with Gasteiger partial charge in [-0.25, -0.2) is 17.1 Å². The molecule has 2 N–H and O–H groups in total. The highest BCUT2D eigenvalue weighted by Crippen LogP contribution is 2.24. The Hall–Kier alpha value is -1.02. The molecule has 118 valence electrons. The van der Waals surface area contributed by atoms with Crippen LogP contribution in [0.1, 0.15) is 18.4 Å². The SMILES string of the molecule is CN(CC1CCOCC1)S(=O)(=O)c1cccc(F)c1CN. The smallest absolute Gasteiger partial charge is 0.243 e. The highest BCUT2D eigenvalue weighted by atomic mass is 32.2. The molecule has 7 heteroatoms. The van der Waals surface area contributed by atoms with E-state index in [0.29, 0.717) is 19.8 Å². The first kappa shape index (κ1) is 16.4. The lowest BCUT2D eigenvalue weighted by Gasteiger charge is -2.27. The van der Waals surface area contributed by atoms with Gasteiger partial charge in [0.2, 0.25) is 10.0 Å². The van der Waals surface area contributed by atoms with Gasteiger partial charge in [-0.2, -0.15) is 0 Å². The minimum Gasteiger partial charge on any atom is -0.381 e. The molecule has 0 atom stereocenters. The van der Waals surface area contributed by atoms with Crippen LogP contribution >= 0.6 is 0 Å². The van der Waals surface area contributed by atoms with Gasteiger partial charge in [-0.1, -0.05) is 6.07 Å². The van der Waals surface area contributed by atoms with Gasteiger partial charge in [-0.15, -0.1) is 0 Å². The molecule has 0 unspecified atom stereocenters. The summed E-state index contributed by atoms with van der Waals surface area (Å²) in [6.07, 6.45) is 1.68. The summed E-state index contributed by atoms with van der Waals surface area (Å²) in [6.45, 7) is 1.58. The fourth-order valence-electron chi connectivity index (χ4n) is 2.54. The Balaban J connectivity index is 2.22. The normalized spacial score (nSPS) is 17.3. The predicted molar refractivity (Wildman–Crippen MR) is 77.7 cm³/mol. The van der Waals surface area contributed by atoms with Crippen LogP contribution in [0, 0.1) is 11.7 Å². The van der Waals surface area contributed by atoms with Crippen molar-refractivity contribution in [1.82, 2.24) is 4.31 Å². The lowest BCUT2D eigenvalue weighted by molar-refractivity contribution is 0.0620. The lowest BCUT2D eigenvalue weighted by Crippen LogP contribution is -2.34. The number of nitrogens with two attached hydrogens (primary N) is 1. The van der Waals surface area contributed by atoms with Gasteiger partial charge in [0, 0.05) is 38.9 Å². The number of benzene rings is 1. The number of rotatable bonds is 5. The van der Waals surface area contributed by atoms with Crippen molar-refractivity contribution in [2.75, 3.05) is 26.8 Å². The Morgan fingerprint density at radius 1 is 1.38 bits per heavy atom. The summed E-state index contributed by atoms with van der Waals surface area (Å²) < 4.78 is 45.5. The zero-order chi connectivity index (χ0) is 15.5. The average molecular weight is 316 g/mol. The van der Waals surface area contributed by atoms with Crippen LogP contribution in [-0.4, -0.2) is 39.5 Å². The van der Waals surface area contributed by atoms with Crippen molar-refractivity contribution in [2.45, 2.75) is 24.3 Å². The van der Waals surface area contributed by atoms with E-state index in [2.05, 4.69) is 0 Å². The van der Waals surface area contributed by atoms with Crippen LogP contribution in [0.3, 0.4) is 0 Å². The van der Waals surface area contributed by atoms with Crippen molar-refractivity contribution in [3.8, 4) is 0 Å². The molecule has 0 spiro atoms. The average Bonchev–Trinajstić information content (AvgIpc) is 2.48. The van der Waals surface area contributed by atoms with Gasteiger partial charge in [0.1, 0.15) is 5.82 Å². The van der Waals surface area contributed by atoms with Crippen molar-refractivity contribution >= 4 is 10.0 Å². The Labute approximate surface area is 124 Å². The molecular weight excluding hydrogens is 295 g/mol. The minimum absolute atomic E-state index is 0.0383. The number of hydrogen-bond acceptors (Lipinski definition) is 4. The zero-order valence-corrected chi connectivity index (χ0v) is 12.9. The van der Waals surface area contributed by atoms with Crippen LogP contribution in [0.5, 0.6) is 0 Å². The van der Waals surface area contributed by atoms with E-state index in [-0.39, 0.29) is 22.9 Å². The molecular formula is C14H21FN2O3S. The van der Waals surface area contributed by atoms with Crippen LogP contribution in [-0.2, 0) is 21.3 Å². The predicted octanol–water partition coefficient (Wildman–Crippen LogP) is 1.33. The number of hydrogen-bond donors (Lipinski definition) is 1. The van der Waals surface area contributed by atoms with E-state index in [1.165, 1.54) is 29.6 Å². The zero-order valence-electron chi connectivity index (χ0n) is 12.1. The minimum atomic E-state index is -3.73. The fourth-order valence-corrected chi connectivity index (χ4v) is 4.02. The molecule has 21 heavy (non-hydrogen) atoms. The molecule has 0 aliphatic carbocycles. The van der Waals surface area contributed by atoms with Gasteiger partial charge in [0.25, 0.3) is 0 Å². The molecule has 2 rings (SSSR count). The maximum Gasteiger partial charge on any atom is 0.243 e. The number of nitrogens with zero attached hydrogens (tertiary/aromatic N) is 1. The van der Waals surface area contributed by atoms with Crippen LogP contribution in [0.25, 0.3) is 0 Å². The molecule has 0 saturated carbocycles. The van der Waals surface area contributed by atoms with Crippen LogP contribution in [0.4, 0.5) is 4.39 Å². The van der Waals surface area contributed by atoms with Crippen LogP contribution in [0.2, 0.25) is 0 Å². The first-order valence-electron chi connectivity index (χ1n) is 6.98. The number of halogens is 1. The third kappa shape index (κ3) is 3.60. The second-order valence-electron chi connectivity index (χ2n) is 5.26. The number of sulfonamides is 1. The second kappa shape index (κ2) is 6.83. The Morgan fingerprint density at radius 2 is 2.05 bits per heavy atom. The van der Waals surface area contributed by atoms with Gasteiger partial charge in [-0.05, 0) is 30.9 Å². The molecule has 1 fully saturated rings. The molecule has 0 bridgehead atoms. The fraction of sp³-hybridized carbons (Fsp3) is 0.571. The molecule has 1 saturated heterocycles. The largest absolute Gasteiger partial charge is 0.381 e. The maximum absolute atomic E-state index is 13.7. The highest BCUT2D eigenvalue weighted by Gasteiger charge is 2.27. The molecule has 1 aromatic rings. The van der Waals surface area contributed by atoms with E-state index in [1.54, 1.807) is 0 Å². The molecule has 0 amide bonds. The van der Waals surface area contributed by atoms with Crippen molar-refractivity contribution in [3.63, 3.8) is 0 Å². The van der Waals surface area contributed by atoms with Crippen molar-refractivity contribution < 1.29 is 17.5 Å². The summed E-state index contributed by atoms with van der Waals surface area (Å²) >= 11 is 0. The topological polar surface area (TPSA) is 72.6 Å². The van der Waals surface area contributed by atoms with E-state index in [9.17, 15) is 12.8 Å². The first-order valence-corrected chi connectivity index (χ1v) is 8.42. The highest BCUT2D eigenvalue weighted by molar-refractivity contribution is 7.89. The maximum atomic E-state index is 13.7. The number of ether oxygens (including phenoxy) is 1. The van der Waals surface area contributed by atoms with Crippen molar-refractivity contribution in [2.24, 2.45) is 11.7 Å². The second-order valence-corrected chi connectivity index (χ2v) is 7.28. The lowest BCUT2D eigenvalue weighted by atomic mass is 10.0. The Bertz CT molecular complexity index is 586. The van der Waals surface area contributed by atoms with Crippen molar-refractivity contribution in [1.29, 1.82) is 0 Å². The van der Waals surface area contributed by atoms with Gasteiger partial charge in [0.15, 0.2) is 0 Å². The van der Waals surface area contributed by atoms with Gasteiger partial charge in [0.05, 0.1) is 4.90 Å². The summed E-state index contributed by atoms with van der Waals surface area (Å²) in [4.78, 5) is -0.0421. The summed E-state index contributed by atoms with van der Waals surface area (Å²) in [5.41, 5.74) is 5.53. The summed E-state index contributed by atoms with van der Waals surface area (Å²) in [6, 6.07) is 4.02. The van der Waals surface area contributed by atoms with E-state index < -0.39 is 15.8 Å². The third-order valence-corrected chi connectivity index (χ3v) is 5.73. The molecule has 5 nitrogen and oxygen atoms in total. The summed E-state index contributed by atoms with van der Waals surface area (Å²) in [5, 5.41) is 0. The third-order valence-electron chi connectivity index (χ3n) is 3.82. The van der Waals surface area contributed by atoms with Crippen LogP contribution in [0.15, 0.2) is 23.1 Å². The standard InChI is InChI=1S/C14H21FN2O3S/c1-17(10-11-5-7-20-8-6-11)21(18,19)14-4-2-3-13(15)12(14)9-16/h2-4,11H,5-10,16H2,1H3. The first-order chi connectivity index (χ1) is 9.96. The molecule has 1 aromatic carbocycles. The monoisotopic (exact) mass is 316 g/mol. The molecule has 1 heterocycles. The summed E-state index contributed by atoms with van der Waals surface area (Å²) in [7, 11) is -2.21. The molecule has 0 radical (unpaired) electrons. The van der Waals surface area contributed by atoms with Crippen molar-refractivity contribution in [3.05, 3.63) is 29.6 Å². The Morgan fingerprint density at radius 3 is 2.67 bits per heavy atom. The molecule has 1 aliphatic rings. The van der Waals surface area contributed by atoms with Gasteiger partial charge < -0.3 is 10.5 Å². The van der Waals surface area contributed by atoms with E-state index >= 15 is 0 Å². The van der Waals surface area contributed by atoms with Crippen LogP contribution < -0.4 is 5.73 Å². The van der Waals surface area contributed by atoms with E-state index in [4.69, 9.17) is 10.5 Å². The van der Waals surface area contributed by atoms with Gasteiger partial charge >= 0.3 is 0 Å². The molecule has 1 aliphatic heterocycles. The van der Waals surface area contributed by atoms with E-state index in [0.717, 1.165) is 12.8 Å². The van der Waals surface area contributed by atoms with E-state index in [1.807, 2.05) is 0 Å². The van der Waals surface area contributed by atoms with Gasteiger partial charge in [-0.3, -0.25) is 0 Å². The molecule has 0 aromatic heterocycles. The Kier molecular flexibility index (Phi) is 5.32. The quantitative estimate of drug-likeness (QED) is 0.889.